The number of aryl methyl sites for hydroxylation is 1. The molecule has 0 aliphatic heterocycles. The molecule has 92 valence electrons. The fourth-order valence-electron chi connectivity index (χ4n) is 1.54. The molecular weight excluding hydrogens is 228 g/mol. The number of nitrogen functional groups attached to an aromatic ring is 1. The number of nitrogens with one attached hydrogen (secondary N) is 1. The molecule has 18 heavy (non-hydrogen) atoms. The van der Waals surface area contributed by atoms with Crippen molar-refractivity contribution in [1.29, 1.82) is 5.41 Å². The summed E-state index contributed by atoms with van der Waals surface area (Å²) in [6.07, 6.45) is 2.41. The van der Waals surface area contributed by atoms with Gasteiger partial charge in [-0.1, -0.05) is 19.1 Å². The van der Waals surface area contributed by atoms with Crippen LogP contribution in [-0.4, -0.2) is 16.0 Å². The van der Waals surface area contributed by atoms with Crippen molar-refractivity contribution >= 4 is 5.84 Å². The van der Waals surface area contributed by atoms with Gasteiger partial charge in [0.15, 0.2) is 0 Å². The van der Waals surface area contributed by atoms with E-state index in [1.807, 2.05) is 24.3 Å². The summed E-state index contributed by atoms with van der Waals surface area (Å²) in [5, 5.41) is 15.0. The van der Waals surface area contributed by atoms with Crippen LogP contribution in [0.25, 0.3) is 0 Å². The van der Waals surface area contributed by atoms with Crippen LogP contribution in [0.1, 0.15) is 18.1 Å². The summed E-state index contributed by atoms with van der Waals surface area (Å²) in [6, 6.07) is 9.30. The van der Waals surface area contributed by atoms with Gasteiger partial charge in [0, 0.05) is 0 Å². The number of aromatic nitrogens is 2. The van der Waals surface area contributed by atoms with E-state index in [9.17, 15) is 0 Å². The summed E-state index contributed by atoms with van der Waals surface area (Å²) in [6.45, 7) is 2.07. The number of hydrogen-bond donors (Lipinski definition) is 2. The van der Waals surface area contributed by atoms with Crippen LogP contribution in [0, 0.1) is 5.41 Å². The van der Waals surface area contributed by atoms with Crippen LogP contribution in [0.5, 0.6) is 11.6 Å². The average Bonchev–Trinajstić information content (AvgIpc) is 2.39. The van der Waals surface area contributed by atoms with Crippen molar-refractivity contribution in [3.63, 3.8) is 0 Å². The number of benzene rings is 1. The molecular formula is C13H14N4O. The lowest BCUT2D eigenvalue weighted by molar-refractivity contribution is 0.453. The molecule has 5 heteroatoms. The summed E-state index contributed by atoms with van der Waals surface area (Å²) < 4.78 is 5.62. The summed E-state index contributed by atoms with van der Waals surface area (Å²) in [5.74, 6) is 0.821. The number of nitrogens with two attached hydrogens (primary N) is 1. The van der Waals surface area contributed by atoms with Gasteiger partial charge in [-0.25, -0.2) is 0 Å². The fourth-order valence-corrected chi connectivity index (χ4v) is 1.54. The highest BCUT2D eigenvalue weighted by Gasteiger charge is 2.09. The van der Waals surface area contributed by atoms with Gasteiger partial charge in [-0.2, -0.15) is 5.10 Å². The van der Waals surface area contributed by atoms with Gasteiger partial charge in [-0.15, -0.1) is 5.10 Å². The van der Waals surface area contributed by atoms with Crippen LogP contribution in [0.3, 0.4) is 0 Å². The highest BCUT2D eigenvalue weighted by Crippen LogP contribution is 2.22. The molecule has 5 nitrogen and oxygen atoms in total. The standard InChI is InChI=1S/C13H14N4O/c1-2-9-4-3-5-10(8-9)18-13-11(12(14)15)6-7-16-17-13/h3-8H,2H2,1H3,(H3,14,15). The molecule has 0 radical (unpaired) electrons. The monoisotopic (exact) mass is 242 g/mol. The molecule has 3 N–H and O–H groups in total. The second kappa shape index (κ2) is 5.27. The van der Waals surface area contributed by atoms with E-state index in [1.165, 1.54) is 11.8 Å². The summed E-state index contributed by atoms with van der Waals surface area (Å²) in [7, 11) is 0. The number of nitrogens with zero attached hydrogens (tertiary/aromatic N) is 2. The van der Waals surface area contributed by atoms with Crippen LogP contribution in [0.2, 0.25) is 0 Å². The van der Waals surface area contributed by atoms with Crippen molar-refractivity contribution in [2.75, 3.05) is 0 Å². The number of rotatable bonds is 4. The maximum atomic E-state index is 7.45. The normalized spacial score (nSPS) is 10.1. The van der Waals surface area contributed by atoms with Gasteiger partial charge in [0.05, 0.1) is 11.8 Å². The Labute approximate surface area is 105 Å². The third-order valence-corrected chi connectivity index (χ3v) is 2.50. The van der Waals surface area contributed by atoms with Crippen molar-refractivity contribution in [2.45, 2.75) is 13.3 Å². The molecule has 2 rings (SSSR count). The van der Waals surface area contributed by atoms with Gasteiger partial charge in [0.25, 0.3) is 0 Å². The number of amidine groups is 1. The van der Waals surface area contributed by atoms with E-state index in [2.05, 4.69) is 17.1 Å². The predicted molar refractivity (Wildman–Crippen MR) is 68.9 cm³/mol. The fraction of sp³-hybridized carbons (Fsp3) is 0.154. The van der Waals surface area contributed by atoms with E-state index in [0.29, 0.717) is 11.3 Å². The Morgan fingerprint density at radius 3 is 2.94 bits per heavy atom. The number of hydrogen-bond acceptors (Lipinski definition) is 4. The van der Waals surface area contributed by atoms with E-state index < -0.39 is 0 Å². The third kappa shape index (κ3) is 2.63. The Kier molecular flexibility index (Phi) is 3.52. The second-order valence-corrected chi connectivity index (χ2v) is 3.77. The Bertz CT molecular complexity index is 568. The Balaban J connectivity index is 2.31. The van der Waals surface area contributed by atoms with Crippen LogP contribution < -0.4 is 10.5 Å². The van der Waals surface area contributed by atoms with Crippen molar-refractivity contribution in [3.05, 3.63) is 47.7 Å². The molecule has 0 fully saturated rings. The lowest BCUT2D eigenvalue weighted by Crippen LogP contribution is -2.13. The maximum absolute atomic E-state index is 7.45. The van der Waals surface area contributed by atoms with Crippen molar-refractivity contribution in [3.8, 4) is 11.6 Å². The van der Waals surface area contributed by atoms with E-state index in [-0.39, 0.29) is 11.7 Å². The molecule has 0 bridgehead atoms. The Morgan fingerprint density at radius 1 is 1.39 bits per heavy atom. The molecule has 0 spiro atoms. The summed E-state index contributed by atoms with van der Waals surface area (Å²) in [5.41, 5.74) is 7.06. The van der Waals surface area contributed by atoms with E-state index >= 15 is 0 Å². The molecule has 0 aliphatic carbocycles. The topological polar surface area (TPSA) is 84.9 Å². The Morgan fingerprint density at radius 2 is 2.22 bits per heavy atom. The van der Waals surface area contributed by atoms with Crippen molar-refractivity contribution < 1.29 is 4.74 Å². The Hall–Kier alpha value is -2.43. The first-order valence-corrected chi connectivity index (χ1v) is 5.63. The van der Waals surface area contributed by atoms with Crippen molar-refractivity contribution in [2.24, 2.45) is 5.73 Å². The third-order valence-electron chi connectivity index (χ3n) is 2.50. The molecule has 0 amide bonds. The van der Waals surface area contributed by atoms with Crippen molar-refractivity contribution in [1.82, 2.24) is 10.2 Å². The van der Waals surface area contributed by atoms with E-state index in [0.717, 1.165) is 6.42 Å². The zero-order valence-corrected chi connectivity index (χ0v) is 10.1. The summed E-state index contributed by atoms with van der Waals surface area (Å²) >= 11 is 0. The number of ether oxygens (including phenoxy) is 1. The first-order valence-electron chi connectivity index (χ1n) is 5.63. The van der Waals surface area contributed by atoms with Gasteiger partial charge in [0.1, 0.15) is 11.6 Å². The van der Waals surface area contributed by atoms with Gasteiger partial charge in [-0.05, 0) is 30.2 Å². The van der Waals surface area contributed by atoms with Crippen LogP contribution >= 0.6 is 0 Å². The minimum atomic E-state index is -0.0912. The van der Waals surface area contributed by atoms with E-state index in [4.69, 9.17) is 15.9 Å². The first-order chi connectivity index (χ1) is 8.70. The zero-order valence-electron chi connectivity index (χ0n) is 10.1. The predicted octanol–water partition coefficient (Wildman–Crippen LogP) is 2.12. The molecule has 1 aromatic heterocycles. The lowest BCUT2D eigenvalue weighted by Gasteiger charge is -2.08. The van der Waals surface area contributed by atoms with Crippen LogP contribution in [0.4, 0.5) is 0 Å². The molecule has 2 aromatic rings. The second-order valence-electron chi connectivity index (χ2n) is 3.77. The van der Waals surface area contributed by atoms with Gasteiger partial charge in [-0.3, -0.25) is 5.41 Å². The molecule has 0 saturated heterocycles. The molecule has 0 saturated carbocycles. The molecule has 0 aliphatic rings. The average molecular weight is 242 g/mol. The lowest BCUT2D eigenvalue weighted by atomic mass is 10.2. The van der Waals surface area contributed by atoms with Gasteiger partial charge < -0.3 is 10.5 Å². The van der Waals surface area contributed by atoms with E-state index in [1.54, 1.807) is 6.07 Å². The SMILES string of the molecule is CCc1cccc(Oc2nnccc2C(=N)N)c1. The quantitative estimate of drug-likeness (QED) is 0.635. The highest BCUT2D eigenvalue weighted by molar-refractivity contribution is 5.96. The minimum absolute atomic E-state index is 0.0912. The van der Waals surface area contributed by atoms with Crippen LogP contribution in [-0.2, 0) is 6.42 Å². The largest absolute Gasteiger partial charge is 0.437 e. The van der Waals surface area contributed by atoms with Gasteiger partial charge in [0.2, 0.25) is 5.88 Å². The minimum Gasteiger partial charge on any atom is -0.437 e. The first kappa shape index (κ1) is 12.0. The molecule has 0 unspecified atom stereocenters. The maximum Gasteiger partial charge on any atom is 0.249 e. The summed E-state index contributed by atoms with van der Waals surface area (Å²) in [4.78, 5) is 0. The van der Waals surface area contributed by atoms with Gasteiger partial charge >= 0.3 is 0 Å². The van der Waals surface area contributed by atoms with Crippen LogP contribution in [0.15, 0.2) is 36.5 Å². The highest BCUT2D eigenvalue weighted by atomic mass is 16.5. The molecule has 0 atom stereocenters. The smallest absolute Gasteiger partial charge is 0.249 e. The molecule has 1 heterocycles. The molecule has 1 aromatic carbocycles. The zero-order chi connectivity index (χ0) is 13.0.